The molecule has 0 aromatic carbocycles. The largest absolute Gasteiger partial charge is 0.469 e. The van der Waals surface area contributed by atoms with Crippen molar-refractivity contribution in [2.24, 2.45) is 17.3 Å². The molecule has 0 aromatic rings. The van der Waals surface area contributed by atoms with Gasteiger partial charge in [0, 0.05) is 18.8 Å². The quantitative estimate of drug-likeness (QED) is 0.562. The smallest absolute Gasteiger partial charge is 0.312 e. The van der Waals surface area contributed by atoms with Gasteiger partial charge in [0.25, 0.3) is 0 Å². The van der Waals surface area contributed by atoms with Gasteiger partial charge in [-0.15, -0.1) is 0 Å². The summed E-state index contributed by atoms with van der Waals surface area (Å²) < 4.78 is 4.73. The third-order valence-electron chi connectivity index (χ3n) is 4.40. The van der Waals surface area contributed by atoms with Crippen molar-refractivity contribution in [2.45, 2.75) is 39.0 Å². The van der Waals surface area contributed by atoms with Gasteiger partial charge in [-0.2, -0.15) is 0 Å². The Kier molecular flexibility index (Phi) is 3.56. The Hall–Kier alpha value is -1.52. The lowest BCUT2D eigenvalue weighted by molar-refractivity contribution is -0.178. The van der Waals surface area contributed by atoms with E-state index in [1.165, 1.54) is 7.11 Å². The molecule has 5 heteroatoms. The average molecular weight is 266 g/mol. The standard InChI is InChI=1S/C14H18O5/c1-3-4-9(15)11-10(16)7-14(13(18)19-2)6-5-8(14)12(11)17/h8,11H,3-7H2,1-2H3. The van der Waals surface area contributed by atoms with Crippen LogP contribution in [0.2, 0.25) is 0 Å². The molecule has 0 aliphatic heterocycles. The van der Waals surface area contributed by atoms with Crippen LogP contribution in [0.5, 0.6) is 0 Å². The number of hydrogen-bond acceptors (Lipinski definition) is 5. The Balaban J connectivity index is 2.25. The summed E-state index contributed by atoms with van der Waals surface area (Å²) in [6, 6.07) is 0. The molecule has 104 valence electrons. The monoisotopic (exact) mass is 266 g/mol. The summed E-state index contributed by atoms with van der Waals surface area (Å²) in [7, 11) is 1.26. The van der Waals surface area contributed by atoms with Gasteiger partial charge in [0.05, 0.1) is 12.5 Å². The molecule has 5 nitrogen and oxygen atoms in total. The Morgan fingerprint density at radius 2 is 2.05 bits per heavy atom. The number of esters is 1. The average Bonchev–Trinajstić information content (AvgIpc) is 2.32. The Bertz CT molecular complexity index is 453. The van der Waals surface area contributed by atoms with Crippen LogP contribution in [0, 0.1) is 17.3 Å². The van der Waals surface area contributed by atoms with Gasteiger partial charge in [0.1, 0.15) is 5.92 Å². The first-order valence-corrected chi connectivity index (χ1v) is 6.65. The minimum absolute atomic E-state index is 0.0315. The predicted molar refractivity (Wildman–Crippen MR) is 65.2 cm³/mol. The van der Waals surface area contributed by atoms with Gasteiger partial charge in [-0.05, 0) is 19.3 Å². The van der Waals surface area contributed by atoms with E-state index in [9.17, 15) is 19.2 Å². The fourth-order valence-electron chi connectivity index (χ4n) is 3.28. The van der Waals surface area contributed by atoms with Crippen molar-refractivity contribution in [2.75, 3.05) is 7.11 Å². The van der Waals surface area contributed by atoms with Crippen LogP contribution in [0.15, 0.2) is 0 Å². The van der Waals surface area contributed by atoms with Crippen molar-refractivity contribution >= 4 is 23.3 Å². The van der Waals surface area contributed by atoms with E-state index in [0.717, 1.165) is 0 Å². The van der Waals surface area contributed by atoms with Gasteiger partial charge in [-0.1, -0.05) is 6.92 Å². The zero-order valence-corrected chi connectivity index (χ0v) is 11.2. The maximum atomic E-state index is 12.3. The molecule has 2 aliphatic carbocycles. The minimum atomic E-state index is -1.14. The highest BCUT2D eigenvalue weighted by Crippen LogP contribution is 2.55. The lowest BCUT2D eigenvalue weighted by Crippen LogP contribution is -2.59. The Morgan fingerprint density at radius 3 is 2.53 bits per heavy atom. The number of rotatable bonds is 4. The minimum Gasteiger partial charge on any atom is -0.469 e. The van der Waals surface area contributed by atoms with Gasteiger partial charge in [0.2, 0.25) is 0 Å². The summed E-state index contributed by atoms with van der Waals surface area (Å²) >= 11 is 0. The second kappa shape index (κ2) is 4.87. The van der Waals surface area contributed by atoms with E-state index in [1.54, 1.807) is 0 Å². The van der Waals surface area contributed by atoms with E-state index in [4.69, 9.17) is 4.74 Å². The van der Waals surface area contributed by atoms with Crippen LogP contribution in [0.3, 0.4) is 0 Å². The molecule has 0 radical (unpaired) electrons. The molecular weight excluding hydrogens is 248 g/mol. The summed E-state index contributed by atoms with van der Waals surface area (Å²) in [4.78, 5) is 48.1. The van der Waals surface area contributed by atoms with Crippen LogP contribution >= 0.6 is 0 Å². The third-order valence-corrected chi connectivity index (χ3v) is 4.40. The molecule has 0 heterocycles. The molecule has 19 heavy (non-hydrogen) atoms. The Labute approximate surface area is 111 Å². The zero-order chi connectivity index (χ0) is 14.2. The molecule has 2 rings (SSSR count). The molecule has 0 aromatic heterocycles. The highest BCUT2D eigenvalue weighted by atomic mass is 16.5. The van der Waals surface area contributed by atoms with Gasteiger partial charge in [-0.25, -0.2) is 0 Å². The van der Waals surface area contributed by atoms with E-state index < -0.39 is 29.0 Å². The fraction of sp³-hybridized carbons (Fsp3) is 0.714. The third kappa shape index (κ3) is 1.91. The summed E-state index contributed by atoms with van der Waals surface area (Å²) in [6.07, 6.45) is 1.88. The number of Topliss-reactive ketones (excluding diaryl/α,β-unsaturated/α-hetero) is 3. The van der Waals surface area contributed by atoms with E-state index in [2.05, 4.69) is 0 Å². The summed E-state index contributed by atoms with van der Waals surface area (Å²) in [5.74, 6) is -3.22. The lowest BCUT2D eigenvalue weighted by atomic mass is 9.50. The molecule has 2 saturated carbocycles. The number of carbonyl (C=O) groups is 4. The molecule has 0 bridgehead atoms. The first kappa shape index (κ1) is 13.9. The first-order valence-electron chi connectivity index (χ1n) is 6.65. The highest BCUT2D eigenvalue weighted by Gasteiger charge is 2.63. The van der Waals surface area contributed by atoms with Crippen molar-refractivity contribution in [1.82, 2.24) is 0 Å². The molecule has 3 atom stereocenters. The van der Waals surface area contributed by atoms with E-state index in [1.807, 2.05) is 6.92 Å². The molecule has 0 spiro atoms. The summed E-state index contributed by atoms with van der Waals surface area (Å²) in [5, 5.41) is 0. The van der Waals surface area contributed by atoms with E-state index >= 15 is 0 Å². The van der Waals surface area contributed by atoms with Crippen molar-refractivity contribution in [3.63, 3.8) is 0 Å². The second-order valence-electron chi connectivity index (χ2n) is 5.43. The van der Waals surface area contributed by atoms with Crippen LogP contribution in [0.25, 0.3) is 0 Å². The van der Waals surface area contributed by atoms with Crippen LogP contribution in [0.1, 0.15) is 39.0 Å². The van der Waals surface area contributed by atoms with Crippen LogP contribution in [-0.4, -0.2) is 30.4 Å². The normalized spacial score (nSPS) is 33.4. The Morgan fingerprint density at radius 1 is 1.37 bits per heavy atom. The zero-order valence-electron chi connectivity index (χ0n) is 11.2. The molecule has 2 aliphatic rings. The van der Waals surface area contributed by atoms with Gasteiger partial charge < -0.3 is 4.74 Å². The molecule has 3 unspecified atom stereocenters. The molecule has 2 fully saturated rings. The number of methoxy groups -OCH3 is 1. The van der Waals surface area contributed by atoms with Crippen LogP contribution < -0.4 is 0 Å². The van der Waals surface area contributed by atoms with Crippen molar-refractivity contribution in [3.8, 4) is 0 Å². The predicted octanol–water partition coefficient (Wildman–Crippen LogP) is 1.08. The number of hydrogen-bond donors (Lipinski definition) is 0. The van der Waals surface area contributed by atoms with Crippen molar-refractivity contribution in [1.29, 1.82) is 0 Å². The molecule has 0 saturated heterocycles. The van der Waals surface area contributed by atoms with E-state index in [0.29, 0.717) is 19.3 Å². The number of ketones is 3. The number of ether oxygens (including phenoxy) is 1. The maximum absolute atomic E-state index is 12.3. The topological polar surface area (TPSA) is 77.5 Å². The second-order valence-corrected chi connectivity index (χ2v) is 5.43. The van der Waals surface area contributed by atoms with Gasteiger partial charge in [-0.3, -0.25) is 19.2 Å². The lowest BCUT2D eigenvalue weighted by Gasteiger charge is -2.49. The number of fused-ring (bicyclic) bond motifs is 1. The SMILES string of the molecule is CCCC(=O)C1C(=O)CC2(C(=O)OC)CCC2C1=O. The van der Waals surface area contributed by atoms with Crippen molar-refractivity contribution < 1.29 is 23.9 Å². The molecule has 0 N–H and O–H groups in total. The summed E-state index contributed by atoms with van der Waals surface area (Å²) in [6.45, 7) is 1.83. The highest BCUT2D eigenvalue weighted by molar-refractivity contribution is 6.23. The summed E-state index contributed by atoms with van der Waals surface area (Å²) in [5.41, 5.74) is -0.980. The van der Waals surface area contributed by atoms with Gasteiger partial charge >= 0.3 is 5.97 Å². The van der Waals surface area contributed by atoms with Crippen molar-refractivity contribution in [3.05, 3.63) is 0 Å². The molecule has 0 amide bonds. The number of carbonyl (C=O) groups excluding carboxylic acids is 4. The van der Waals surface area contributed by atoms with Crippen LogP contribution in [0.4, 0.5) is 0 Å². The molecular formula is C14H18O5. The maximum Gasteiger partial charge on any atom is 0.312 e. The van der Waals surface area contributed by atoms with Gasteiger partial charge in [0.15, 0.2) is 17.3 Å². The van der Waals surface area contributed by atoms with Crippen LogP contribution in [-0.2, 0) is 23.9 Å². The first-order chi connectivity index (χ1) is 8.97. The van der Waals surface area contributed by atoms with E-state index in [-0.39, 0.29) is 24.4 Å². The fourth-order valence-corrected chi connectivity index (χ4v) is 3.28.